The molecule has 0 N–H and O–H groups in total. The molecule has 0 aromatic rings. The van der Waals surface area contributed by atoms with Gasteiger partial charge in [0.2, 0.25) is 0 Å². The van der Waals surface area contributed by atoms with E-state index in [2.05, 4.69) is 96.9 Å². The molecule has 0 rings (SSSR count). The molecule has 0 bridgehead atoms. The Bertz CT molecular complexity index is 404. The predicted octanol–water partition coefficient (Wildman–Crippen LogP) is 8.72. The summed E-state index contributed by atoms with van der Waals surface area (Å²) < 4.78 is 21.5. The molecule has 0 aliphatic heterocycles. The van der Waals surface area contributed by atoms with Gasteiger partial charge >= 0.3 is 17.1 Å². The summed E-state index contributed by atoms with van der Waals surface area (Å²) in [7, 11) is -5.43. The van der Waals surface area contributed by atoms with E-state index in [0.29, 0.717) is 0 Å². The van der Waals surface area contributed by atoms with Gasteiger partial charge < -0.3 is 13.0 Å². The summed E-state index contributed by atoms with van der Waals surface area (Å²) in [5.41, 5.74) is 0. The highest BCUT2D eigenvalue weighted by Gasteiger charge is 2.68. The van der Waals surface area contributed by atoms with Crippen molar-refractivity contribution >= 4 is 17.1 Å². The van der Waals surface area contributed by atoms with Gasteiger partial charge in [0.15, 0.2) is 0 Å². The summed E-state index contributed by atoms with van der Waals surface area (Å²) in [5, 5.41) is -0.270. The Balaban J connectivity index is 6.70. The molecule has 5 heteroatoms. The maximum absolute atomic E-state index is 7.61. The summed E-state index contributed by atoms with van der Waals surface area (Å²) >= 11 is 0. The Hall–Kier alpha value is 0.314. The molecule has 0 saturated heterocycles. The molecular formula is C24H54O3Si2. The van der Waals surface area contributed by atoms with Crippen LogP contribution in [-0.4, -0.2) is 30.3 Å². The van der Waals surface area contributed by atoms with Crippen LogP contribution < -0.4 is 0 Å². The lowest BCUT2D eigenvalue weighted by Gasteiger charge is -2.58. The lowest BCUT2D eigenvalue weighted by atomic mass is 10.2. The second-order valence-electron chi connectivity index (χ2n) is 12.7. The van der Waals surface area contributed by atoms with Gasteiger partial charge in [-0.3, -0.25) is 0 Å². The lowest BCUT2D eigenvalue weighted by Crippen LogP contribution is -2.69. The summed E-state index contributed by atoms with van der Waals surface area (Å²) in [6.07, 6.45) is 4.40. The van der Waals surface area contributed by atoms with Gasteiger partial charge in [-0.25, -0.2) is 0 Å². The van der Waals surface area contributed by atoms with Crippen molar-refractivity contribution in [1.29, 1.82) is 0 Å². The molecule has 0 atom stereocenters. The molecule has 0 aliphatic rings. The van der Waals surface area contributed by atoms with Crippen LogP contribution in [0, 0.1) is 0 Å². The van der Waals surface area contributed by atoms with E-state index >= 15 is 0 Å². The first-order chi connectivity index (χ1) is 12.8. The van der Waals surface area contributed by atoms with Gasteiger partial charge in [-0.1, -0.05) is 110 Å². The molecule has 0 aliphatic carbocycles. The SMILES string of the molecule is CCCCO[Si](O[Si](OCCCC)(C(C)(C)C)C(C)(C)C)(C(C)(C)C)C(C)(C)C. The summed E-state index contributed by atoms with van der Waals surface area (Å²) in [5.74, 6) is 0. The van der Waals surface area contributed by atoms with Crippen LogP contribution in [0.4, 0.5) is 0 Å². The topological polar surface area (TPSA) is 27.7 Å². The number of hydrogen-bond acceptors (Lipinski definition) is 3. The van der Waals surface area contributed by atoms with Crippen LogP contribution in [0.15, 0.2) is 0 Å². The molecular weight excluding hydrogens is 392 g/mol. The average Bonchev–Trinajstić information content (AvgIpc) is 2.47. The molecule has 29 heavy (non-hydrogen) atoms. The quantitative estimate of drug-likeness (QED) is 0.248. The van der Waals surface area contributed by atoms with Crippen LogP contribution in [0.3, 0.4) is 0 Å². The average molecular weight is 447 g/mol. The zero-order valence-corrected chi connectivity index (χ0v) is 24.5. The fourth-order valence-corrected chi connectivity index (χ4v) is 18.8. The maximum Gasteiger partial charge on any atom is 0.340 e. The Labute approximate surface area is 186 Å². The number of rotatable bonds is 10. The standard InChI is InChI=1S/C24H54O3Si2/c1-15-17-19-25-28(21(3,4)5,22(6,7)8)27-29(23(9,10)11,24(12,13)14)26-20-18-16-2/h15-20H2,1-14H3. The summed E-state index contributed by atoms with van der Waals surface area (Å²) in [6, 6.07) is 0. The third-order valence-corrected chi connectivity index (χ3v) is 17.3. The second kappa shape index (κ2) is 10.3. The Morgan fingerprint density at radius 3 is 0.897 bits per heavy atom. The first kappa shape index (κ1) is 29.3. The molecule has 0 saturated carbocycles. The Morgan fingerprint density at radius 2 is 0.724 bits per heavy atom. The molecule has 0 heterocycles. The Morgan fingerprint density at radius 1 is 0.483 bits per heavy atom. The lowest BCUT2D eigenvalue weighted by molar-refractivity contribution is 0.120. The van der Waals surface area contributed by atoms with E-state index < -0.39 is 17.1 Å². The van der Waals surface area contributed by atoms with Gasteiger partial charge in [0, 0.05) is 33.4 Å². The van der Waals surface area contributed by atoms with Crippen molar-refractivity contribution in [2.24, 2.45) is 0 Å². The fourth-order valence-electron chi connectivity index (χ4n) is 4.71. The van der Waals surface area contributed by atoms with Crippen LogP contribution in [0.2, 0.25) is 20.2 Å². The smallest absolute Gasteiger partial charge is 0.340 e. The fraction of sp³-hybridized carbons (Fsp3) is 1.00. The van der Waals surface area contributed by atoms with Crippen LogP contribution in [0.1, 0.15) is 123 Å². The zero-order chi connectivity index (χ0) is 23.4. The van der Waals surface area contributed by atoms with E-state index in [0.717, 1.165) is 38.9 Å². The first-order valence-corrected chi connectivity index (χ1v) is 15.4. The van der Waals surface area contributed by atoms with Crippen LogP contribution >= 0.6 is 0 Å². The molecule has 176 valence electrons. The molecule has 0 aromatic carbocycles. The van der Waals surface area contributed by atoms with Gasteiger partial charge in [-0.15, -0.1) is 0 Å². The van der Waals surface area contributed by atoms with Gasteiger partial charge in [0.1, 0.15) is 0 Å². The maximum atomic E-state index is 7.61. The molecule has 0 amide bonds. The van der Waals surface area contributed by atoms with Crippen molar-refractivity contribution in [2.45, 2.75) is 143 Å². The van der Waals surface area contributed by atoms with E-state index in [4.69, 9.17) is 13.0 Å². The van der Waals surface area contributed by atoms with E-state index in [1.807, 2.05) is 0 Å². The molecule has 0 unspecified atom stereocenters. The van der Waals surface area contributed by atoms with Crippen molar-refractivity contribution in [1.82, 2.24) is 0 Å². The molecule has 0 radical (unpaired) electrons. The normalized spacial score (nSPS) is 15.1. The predicted molar refractivity (Wildman–Crippen MR) is 133 cm³/mol. The zero-order valence-electron chi connectivity index (χ0n) is 22.5. The minimum Gasteiger partial charge on any atom is -0.413 e. The van der Waals surface area contributed by atoms with Crippen molar-refractivity contribution in [3.63, 3.8) is 0 Å². The first-order valence-electron chi connectivity index (χ1n) is 11.8. The van der Waals surface area contributed by atoms with Crippen LogP contribution in [0.5, 0.6) is 0 Å². The third kappa shape index (κ3) is 6.65. The second-order valence-corrected chi connectivity index (χ2v) is 22.6. The minimum absolute atomic E-state index is 0.0676. The van der Waals surface area contributed by atoms with Crippen molar-refractivity contribution in [3.05, 3.63) is 0 Å². The highest BCUT2D eigenvalue weighted by Crippen LogP contribution is 2.60. The largest absolute Gasteiger partial charge is 0.413 e. The van der Waals surface area contributed by atoms with Crippen molar-refractivity contribution in [3.8, 4) is 0 Å². The monoisotopic (exact) mass is 446 g/mol. The van der Waals surface area contributed by atoms with Crippen LogP contribution in [0.25, 0.3) is 0 Å². The molecule has 0 aromatic heterocycles. The Kier molecular flexibility index (Phi) is 10.4. The van der Waals surface area contributed by atoms with E-state index in [-0.39, 0.29) is 20.2 Å². The van der Waals surface area contributed by atoms with Gasteiger partial charge in [-0.2, -0.15) is 0 Å². The molecule has 3 nitrogen and oxygen atoms in total. The third-order valence-electron chi connectivity index (χ3n) is 5.84. The van der Waals surface area contributed by atoms with Gasteiger partial charge in [0.05, 0.1) is 0 Å². The molecule has 0 fully saturated rings. The number of unbranched alkanes of at least 4 members (excludes halogenated alkanes) is 2. The highest BCUT2D eigenvalue weighted by atomic mass is 28.5. The van der Waals surface area contributed by atoms with E-state index in [9.17, 15) is 0 Å². The van der Waals surface area contributed by atoms with Crippen molar-refractivity contribution < 1.29 is 13.0 Å². The number of hydrogen-bond donors (Lipinski definition) is 0. The van der Waals surface area contributed by atoms with Crippen LogP contribution in [-0.2, 0) is 13.0 Å². The highest BCUT2D eigenvalue weighted by molar-refractivity contribution is 6.86. The van der Waals surface area contributed by atoms with Gasteiger partial charge in [0.25, 0.3) is 0 Å². The van der Waals surface area contributed by atoms with Gasteiger partial charge in [-0.05, 0) is 12.8 Å². The van der Waals surface area contributed by atoms with E-state index in [1.54, 1.807) is 0 Å². The summed E-state index contributed by atoms with van der Waals surface area (Å²) in [6.45, 7) is 33.7. The molecule has 0 spiro atoms. The summed E-state index contributed by atoms with van der Waals surface area (Å²) in [4.78, 5) is 0. The van der Waals surface area contributed by atoms with Crippen molar-refractivity contribution in [2.75, 3.05) is 13.2 Å². The minimum atomic E-state index is -2.71. The van der Waals surface area contributed by atoms with E-state index in [1.165, 1.54) is 0 Å².